The van der Waals surface area contributed by atoms with Gasteiger partial charge in [-0.3, -0.25) is 4.79 Å². The van der Waals surface area contributed by atoms with E-state index in [1.54, 1.807) is 23.8 Å². The van der Waals surface area contributed by atoms with Crippen molar-refractivity contribution in [2.75, 3.05) is 31.4 Å². The number of nitrogens with zero attached hydrogens (tertiary/aromatic N) is 1. The van der Waals surface area contributed by atoms with Crippen LogP contribution in [0.3, 0.4) is 0 Å². The molecule has 1 saturated heterocycles. The van der Waals surface area contributed by atoms with Gasteiger partial charge < -0.3 is 20.3 Å². The van der Waals surface area contributed by atoms with Crippen molar-refractivity contribution in [3.63, 3.8) is 0 Å². The average Bonchev–Trinajstić information content (AvgIpc) is 2.75. The van der Waals surface area contributed by atoms with Crippen LogP contribution in [0.15, 0.2) is 47.4 Å². The number of thioether (sulfide) groups is 1. The van der Waals surface area contributed by atoms with Crippen molar-refractivity contribution < 1.29 is 9.53 Å². The Hall–Kier alpha value is -1.44. The van der Waals surface area contributed by atoms with Gasteiger partial charge in [0.2, 0.25) is 5.91 Å². The normalized spacial score (nSPS) is 20.6. The summed E-state index contributed by atoms with van der Waals surface area (Å²) in [7, 11) is 3.56. The van der Waals surface area contributed by atoms with E-state index in [4.69, 9.17) is 4.74 Å². The fourth-order valence-electron chi connectivity index (χ4n) is 4.03. The summed E-state index contributed by atoms with van der Waals surface area (Å²) in [6, 6.07) is 15.4. The first-order chi connectivity index (χ1) is 13.7. The summed E-state index contributed by atoms with van der Waals surface area (Å²) in [6.07, 6.45) is 2.30. The van der Waals surface area contributed by atoms with Crippen LogP contribution in [0.1, 0.15) is 30.0 Å². The Morgan fingerprint density at radius 1 is 1.23 bits per heavy atom. The molecule has 1 amide bonds. The van der Waals surface area contributed by atoms with E-state index in [1.807, 2.05) is 7.05 Å². The smallest absolute Gasteiger partial charge is 0.237 e. The number of hydrogen-bond donors (Lipinski definition) is 2. The van der Waals surface area contributed by atoms with E-state index < -0.39 is 0 Å². The third-order valence-electron chi connectivity index (χ3n) is 5.62. The highest BCUT2D eigenvalue weighted by Gasteiger charge is 2.27. The number of carbonyl (C=O) groups excluding carboxylic acids is 1. The minimum Gasteiger partial charge on any atom is -0.496 e. The fraction of sp³-hybridized carbons (Fsp3) is 0.409. The van der Waals surface area contributed by atoms with E-state index in [9.17, 15) is 4.79 Å². The van der Waals surface area contributed by atoms with Crippen molar-refractivity contribution in [2.24, 2.45) is 0 Å². The predicted octanol–water partition coefficient (Wildman–Crippen LogP) is 4.19. The van der Waals surface area contributed by atoms with E-state index in [1.165, 1.54) is 5.56 Å². The Balaban J connectivity index is 0.00000160. The Morgan fingerprint density at radius 3 is 2.73 bits per heavy atom. The number of anilines is 1. The Bertz CT molecular complexity index is 854. The van der Waals surface area contributed by atoms with Gasteiger partial charge >= 0.3 is 0 Å². The molecule has 2 aliphatic heterocycles. The molecule has 5 nitrogen and oxygen atoms in total. The first kappa shape index (κ1) is 24.8. The molecular weight excluding hydrogens is 441 g/mol. The van der Waals surface area contributed by atoms with Crippen molar-refractivity contribution in [1.29, 1.82) is 0 Å². The number of piperidine rings is 1. The number of carbonyl (C=O) groups is 1. The molecule has 4 rings (SSSR count). The molecule has 1 fully saturated rings. The second kappa shape index (κ2) is 11.3. The number of benzene rings is 2. The zero-order valence-corrected chi connectivity index (χ0v) is 19.7. The molecule has 8 heteroatoms. The first-order valence-electron chi connectivity index (χ1n) is 9.79. The second-order valence-corrected chi connectivity index (χ2v) is 8.36. The summed E-state index contributed by atoms with van der Waals surface area (Å²) in [4.78, 5) is 14.9. The van der Waals surface area contributed by atoms with Gasteiger partial charge in [-0.05, 0) is 37.1 Å². The summed E-state index contributed by atoms with van der Waals surface area (Å²) < 4.78 is 5.65. The SMILES string of the molecule is COc1cc2c(cc1CN[C@H]1CCCN[C@H]1c1ccccc1)N(C)C(=O)CS2.Cl.Cl. The summed E-state index contributed by atoms with van der Waals surface area (Å²) >= 11 is 1.58. The minimum atomic E-state index is 0. The molecule has 2 atom stereocenters. The average molecular weight is 470 g/mol. The molecule has 2 N–H and O–H groups in total. The maximum atomic E-state index is 12.1. The molecule has 2 aliphatic rings. The predicted molar refractivity (Wildman–Crippen MR) is 129 cm³/mol. The Kier molecular flexibility index (Phi) is 9.31. The standard InChI is InChI=1S/C22H27N3O2S.2ClH/c1-25-18-11-16(19(27-2)12-20(18)28-14-21(25)26)13-24-17-9-6-10-23-22(17)15-7-4-3-5-8-15;;/h3-5,7-8,11-12,17,22-24H,6,9-10,13-14H2,1-2H3;2*1H/t17-,22-;;/m0../s1. The van der Waals surface area contributed by atoms with E-state index in [-0.39, 0.29) is 30.7 Å². The van der Waals surface area contributed by atoms with Gasteiger partial charge in [0.15, 0.2) is 0 Å². The number of halogens is 2. The number of methoxy groups -OCH3 is 1. The van der Waals surface area contributed by atoms with E-state index in [0.717, 1.165) is 41.3 Å². The second-order valence-electron chi connectivity index (χ2n) is 7.35. The molecule has 2 heterocycles. The van der Waals surface area contributed by atoms with Crippen LogP contribution in [-0.2, 0) is 11.3 Å². The fourth-order valence-corrected chi connectivity index (χ4v) is 5.04. The Labute approximate surface area is 195 Å². The quantitative estimate of drug-likeness (QED) is 0.687. The molecule has 164 valence electrons. The summed E-state index contributed by atoms with van der Waals surface area (Å²) in [5.74, 6) is 1.50. The maximum absolute atomic E-state index is 12.1. The third-order valence-corrected chi connectivity index (χ3v) is 6.65. The lowest BCUT2D eigenvalue weighted by Gasteiger charge is -2.34. The summed E-state index contributed by atoms with van der Waals surface area (Å²) in [5, 5.41) is 7.40. The van der Waals surface area contributed by atoms with Crippen molar-refractivity contribution in [3.05, 3.63) is 53.6 Å². The number of hydrogen-bond acceptors (Lipinski definition) is 5. The lowest BCUT2D eigenvalue weighted by atomic mass is 9.92. The van der Waals surface area contributed by atoms with Gasteiger partial charge in [-0.2, -0.15) is 0 Å². The molecule has 0 spiro atoms. The molecule has 0 aliphatic carbocycles. The molecule has 0 aromatic heterocycles. The van der Waals surface area contributed by atoms with Gasteiger partial charge in [-0.1, -0.05) is 30.3 Å². The van der Waals surface area contributed by atoms with Crippen LogP contribution in [0.2, 0.25) is 0 Å². The summed E-state index contributed by atoms with van der Waals surface area (Å²) in [6.45, 7) is 1.75. The van der Waals surface area contributed by atoms with Crippen LogP contribution in [-0.4, -0.2) is 38.4 Å². The molecule has 0 unspecified atom stereocenters. The van der Waals surface area contributed by atoms with Gasteiger partial charge in [0, 0.05) is 36.1 Å². The molecule has 0 radical (unpaired) electrons. The van der Waals surface area contributed by atoms with Gasteiger partial charge in [-0.25, -0.2) is 0 Å². The van der Waals surface area contributed by atoms with Gasteiger partial charge in [0.05, 0.1) is 18.6 Å². The van der Waals surface area contributed by atoms with Gasteiger partial charge in [0.1, 0.15) is 5.75 Å². The largest absolute Gasteiger partial charge is 0.496 e. The van der Waals surface area contributed by atoms with Crippen LogP contribution in [0.25, 0.3) is 0 Å². The number of ether oxygens (including phenoxy) is 1. The van der Waals surface area contributed by atoms with Crippen LogP contribution in [0.5, 0.6) is 5.75 Å². The van der Waals surface area contributed by atoms with Crippen LogP contribution in [0.4, 0.5) is 5.69 Å². The highest BCUT2D eigenvalue weighted by Crippen LogP contribution is 2.39. The lowest BCUT2D eigenvalue weighted by Crippen LogP contribution is -2.45. The number of nitrogens with one attached hydrogen (secondary N) is 2. The number of rotatable bonds is 5. The Morgan fingerprint density at radius 2 is 2.00 bits per heavy atom. The maximum Gasteiger partial charge on any atom is 0.237 e. The molecule has 2 aromatic carbocycles. The summed E-state index contributed by atoms with van der Waals surface area (Å²) in [5.41, 5.74) is 3.37. The molecule has 30 heavy (non-hydrogen) atoms. The highest BCUT2D eigenvalue weighted by atomic mass is 35.5. The van der Waals surface area contributed by atoms with Gasteiger partial charge in [-0.15, -0.1) is 36.6 Å². The van der Waals surface area contributed by atoms with Crippen LogP contribution >= 0.6 is 36.6 Å². The monoisotopic (exact) mass is 469 g/mol. The molecule has 2 aromatic rings. The first-order valence-corrected chi connectivity index (χ1v) is 10.8. The van der Waals surface area contributed by atoms with Crippen molar-refractivity contribution >= 4 is 48.2 Å². The van der Waals surface area contributed by atoms with Crippen LogP contribution < -0.4 is 20.3 Å². The molecular formula is C22H29Cl2N3O2S. The number of fused-ring (bicyclic) bond motifs is 1. The van der Waals surface area contributed by atoms with Crippen molar-refractivity contribution in [2.45, 2.75) is 36.4 Å². The highest BCUT2D eigenvalue weighted by molar-refractivity contribution is 8.00. The zero-order valence-electron chi connectivity index (χ0n) is 17.2. The lowest BCUT2D eigenvalue weighted by molar-refractivity contribution is -0.116. The van der Waals surface area contributed by atoms with E-state index in [0.29, 0.717) is 24.4 Å². The third kappa shape index (κ3) is 5.24. The van der Waals surface area contributed by atoms with Gasteiger partial charge in [0.25, 0.3) is 0 Å². The van der Waals surface area contributed by atoms with E-state index in [2.05, 4.69) is 53.1 Å². The van der Waals surface area contributed by atoms with Crippen molar-refractivity contribution in [1.82, 2.24) is 10.6 Å². The minimum absolute atomic E-state index is 0. The topological polar surface area (TPSA) is 53.6 Å². The number of amides is 1. The van der Waals surface area contributed by atoms with Crippen molar-refractivity contribution in [3.8, 4) is 5.75 Å². The zero-order chi connectivity index (χ0) is 19.5. The molecule has 0 bridgehead atoms. The van der Waals surface area contributed by atoms with Crippen LogP contribution in [0, 0.1) is 0 Å². The van der Waals surface area contributed by atoms with E-state index >= 15 is 0 Å². The molecule has 0 saturated carbocycles.